The highest BCUT2D eigenvalue weighted by Crippen LogP contribution is 2.30. The van der Waals surface area contributed by atoms with E-state index in [4.69, 9.17) is 4.74 Å². The summed E-state index contributed by atoms with van der Waals surface area (Å²) in [5.74, 6) is -0.527. The predicted molar refractivity (Wildman–Crippen MR) is 57.0 cm³/mol. The van der Waals surface area contributed by atoms with Gasteiger partial charge in [-0.1, -0.05) is 32.0 Å². The second kappa shape index (κ2) is 5.24. The Morgan fingerprint density at radius 3 is 2.33 bits per heavy atom. The second-order valence-electron chi connectivity index (χ2n) is 3.92. The molecule has 0 bridgehead atoms. The number of hydrogen-bond donors (Lipinski definition) is 1. The molecule has 2 atom stereocenters. The van der Waals surface area contributed by atoms with Crippen LogP contribution in [0.4, 0.5) is 4.39 Å². The molecule has 0 heterocycles. The summed E-state index contributed by atoms with van der Waals surface area (Å²) in [5.41, 5.74) is 0.502. The third-order valence-corrected chi connectivity index (χ3v) is 2.53. The fourth-order valence-electron chi connectivity index (χ4n) is 1.73. The predicted octanol–water partition coefficient (Wildman–Crippen LogP) is 2.53. The van der Waals surface area contributed by atoms with Crippen LogP contribution in [0.3, 0.4) is 0 Å². The average molecular weight is 212 g/mol. The fourth-order valence-corrected chi connectivity index (χ4v) is 1.73. The van der Waals surface area contributed by atoms with Gasteiger partial charge in [0, 0.05) is 13.0 Å². The van der Waals surface area contributed by atoms with Crippen LogP contribution in [0.1, 0.15) is 25.3 Å². The first-order chi connectivity index (χ1) is 7.07. The van der Waals surface area contributed by atoms with E-state index in [0.29, 0.717) is 5.56 Å². The molecule has 84 valence electrons. The summed E-state index contributed by atoms with van der Waals surface area (Å²) in [6.45, 7) is 3.86. The minimum atomic E-state index is -0.970. The summed E-state index contributed by atoms with van der Waals surface area (Å²) in [5, 5.41) is 9.68. The van der Waals surface area contributed by atoms with E-state index in [-0.39, 0.29) is 17.7 Å². The smallest absolute Gasteiger partial charge is 0.161 e. The lowest BCUT2D eigenvalue weighted by Crippen LogP contribution is -2.25. The lowest BCUT2D eigenvalue weighted by atomic mass is 9.87. The molecule has 15 heavy (non-hydrogen) atoms. The number of halogens is 1. The van der Waals surface area contributed by atoms with Crippen molar-refractivity contribution in [2.45, 2.75) is 26.1 Å². The molecule has 1 aromatic rings. The normalized spacial score (nSPS) is 15.3. The largest absolute Gasteiger partial charge is 0.367 e. The molecule has 0 aliphatic heterocycles. The second-order valence-corrected chi connectivity index (χ2v) is 3.92. The van der Waals surface area contributed by atoms with Crippen molar-refractivity contribution in [1.29, 1.82) is 0 Å². The first-order valence-corrected chi connectivity index (χ1v) is 5.03. The lowest BCUT2D eigenvalue weighted by molar-refractivity contribution is -0.101. The molecule has 0 radical (unpaired) electrons. The quantitative estimate of drug-likeness (QED) is 0.777. The Kier molecular flexibility index (Phi) is 4.24. The zero-order valence-corrected chi connectivity index (χ0v) is 9.27. The van der Waals surface area contributed by atoms with Gasteiger partial charge in [-0.05, 0) is 17.5 Å². The summed E-state index contributed by atoms with van der Waals surface area (Å²) in [4.78, 5) is 0. The number of methoxy groups -OCH3 is 1. The summed E-state index contributed by atoms with van der Waals surface area (Å²) in [6.07, 6.45) is -0.970. The van der Waals surface area contributed by atoms with Gasteiger partial charge in [0.2, 0.25) is 0 Å². The van der Waals surface area contributed by atoms with Gasteiger partial charge in [0.05, 0.1) is 0 Å². The Bertz CT molecular complexity index is 312. The van der Waals surface area contributed by atoms with Crippen LogP contribution < -0.4 is 0 Å². The van der Waals surface area contributed by atoms with Crippen LogP contribution in [-0.4, -0.2) is 18.5 Å². The van der Waals surface area contributed by atoms with Crippen molar-refractivity contribution in [3.05, 3.63) is 35.6 Å². The highest BCUT2D eigenvalue weighted by atomic mass is 19.1. The van der Waals surface area contributed by atoms with E-state index < -0.39 is 6.29 Å². The van der Waals surface area contributed by atoms with Gasteiger partial charge < -0.3 is 9.84 Å². The highest BCUT2D eigenvalue weighted by molar-refractivity contribution is 5.22. The molecule has 2 nitrogen and oxygen atoms in total. The van der Waals surface area contributed by atoms with Gasteiger partial charge in [0.25, 0.3) is 0 Å². The van der Waals surface area contributed by atoms with Crippen LogP contribution in [0.15, 0.2) is 24.3 Å². The monoisotopic (exact) mass is 212 g/mol. The summed E-state index contributed by atoms with van der Waals surface area (Å²) in [6, 6.07) is 6.47. The van der Waals surface area contributed by atoms with Gasteiger partial charge in [0.1, 0.15) is 5.82 Å². The highest BCUT2D eigenvalue weighted by Gasteiger charge is 2.26. The number of ether oxygens (including phenoxy) is 1. The van der Waals surface area contributed by atoms with E-state index in [0.717, 1.165) is 0 Å². The Morgan fingerprint density at radius 2 is 1.87 bits per heavy atom. The van der Waals surface area contributed by atoms with Crippen molar-refractivity contribution >= 4 is 0 Å². The zero-order valence-electron chi connectivity index (χ0n) is 9.27. The van der Waals surface area contributed by atoms with Crippen LogP contribution in [-0.2, 0) is 4.74 Å². The van der Waals surface area contributed by atoms with Crippen molar-refractivity contribution in [2.24, 2.45) is 5.92 Å². The molecule has 0 spiro atoms. The van der Waals surface area contributed by atoms with Gasteiger partial charge in [-0.3, -0.25) is 0 Å². The van der Waals surface area contributed by atoms with Crippen LogP contribution in [0.5, 0.6) is 0 Å². The van der Waals surface area contributed by atoms with Crippen LogP contribution in [0, 0.1) is 11.7 Å². The summed E-state index contributed by atoms with van der Waals surface area (Å²) in [7, 11) is 1.42. The molecule has 1 N–H and O–H groups in total. The zero-order chi connectivity index (χ0) is 11.4. The average Bonchev–Trinajstić information content (AvgIpc) is 2.20. The Labute approximate surface area is 89.7 Å². The van der Waals surface area contributed by atoms with Gasteiger partial charge in [-0.25, -0.2) is 4.39 Å². The third-order valence-electron chi connectivity index (χ3n) is 2.53. The number of benzene rings is 1. The molecule has 1 aromatic carbocycles. The maximum Gasteiger partial charge on any atom is 0.161 e. The van der Waals surface area contributed by atoms with Crippen LogP contribution in [0.2, 0.25) is 0 Å². The minimum Gasteiger partial charge on any atom is -0.367 e. The molecule has 0 fully saturated rings. The maximum atomic E-state index is 13.5. The minimum absolute atomic E-state index is 0.108. The molecule has 3 heteroatoms. The van der Waals surface area contributed by atoms with Crippen LogP contribution in [0.25, 0.3) is 0 Å². The van der Waals surface area contributed by atoms with Gasteiger partial charge >= 0.3 is 0 Å². The summed E-state index contributed by atoms with van der Waals surface area (Å²) >= 11 is 0. The van der Waals surface area contributed by atoms with Crippen molar-refractivity contribution < 1.29 is 14.2 Å². The lowest BCUT2D eigenvalue weighted by Gasteiger charge is -2.25. The van der Waals surface area contributed by atoms with Crippen molar-refractivity contribution in [2.75, 3.05) is 7.11 Å². The van der Waals surface area contributed by atoms with Crippen molar-refractivity contribution in [3.63, 3.8) is 0 Å². The molecule has 0 saturated heterocycles. The Balaban J connectivity index is 3.04. The van der Waals surface area contributed by atoms with Gasteiger partial charge in [0.15, 0.2) is 6.29 Å². The first-order valence-electron chi connectivity index (χ1n) is 5.03. The molecular formula is C12H17FO2. The number of hydrogen-bond acceptors (Lipinski definition) is 2. The van der Waals surface area contributed by atoms with E-state index in [2.05, 4.69) is 0 Å². The molecule has 0 aliphatic carbocycles. The third kappa shape index (κ3) is 2.76. The van der Waals surface area contributed by atoms with Crippen molar-refractivity contribution in [1.82, 2.24) is 0 Å². The van der Waals surface area contributed by atoms with E-state index >= 15 is 0 Å². The molecule has 1 rings (SSSR count). The Hall–Kier alpha value is -0.930. The van der Waals surface area contributed by atoms with Crippen LogP contribution >= 0.6 is 0 Å². The van der Waals surface area contributed by atoms with Crippen molar-refractivity contribution in [3.8, 4) is 0 Å². The Morgan fingerprint density at radius 1 is 1.27 bits per heavy atom. The van der Waals surface area contributed by atoms with Gasteiger partial charge in [-0.2, -0.15) is 0 Å². The number of rotatable bonds is 4. The summed E-state index contributed by atoms with van der Waals surface area (Å²) < 4.78 is 18.4. The first kappa shape index (κ1) is 12.1. The van der Waals surface area contributed by atoms with E-state index in [9.17, 15) is 9.50 Å². The molecule has 0 aliphatic rings. The maximum absolute atomic E-state index is 13.5. The van der Waals surface area contributed by atoms with Gasteiger partial charge in [-0.15, -0.1) is 0 Å². The fraction of sp³-hybridized carbons (Fsp3) is 0.500. The molecule has 1 unspecified atom stereocenters. The van der Waals surface area contributed by atoms with E-state index in [1.165, 1.54) is 13.2 Å². The number of aliphatic hydroxyl groups excluding tert-OH is 1. The van der Waals surface area contributed by atoms with E-state index in [1.807, 2.05) is 13.8 Å². The SMILES string of the molecule is CO[C@H](O)C(c1ccccc1F)C(C)C. The van der Waals surface area contributed by atoms with E-state index in [1.54, 1.807) is 18.2 Å². The topological polar surface area (TPSA) is 29.5 Å². The molecule has 0 saturated carbocycles. The molecule has 0 amide bonds. The number of aliphatic hydroxyl groups is 1. The molecular weight excluding hydrogens is 195 g/mol. The molecule has 0 aromatic heterocycles. The standard InChI is InChI=1S/C12H17FO2/c1-8(2)11(12(14)15-3)9-6-4-5-7-10(9)13/h4-8,11-12,14H,1-3H3/t11?,12-/m0/s1.